The summed E-state index contributed by atoms with van der Waals surface area (Å²) in [5, 5.41) is 1.41. The summed E-state index contributed by atoms with van der Waals surface area (Å²) < 4.78 is 4.11. The Balaban J connectivity index is 2.23. The number of fused-ring (bicyclic) bond motifs is 4. The summed E-state index contributed by atoms with van der Waals surface area (Å²) in [5.74, 6) is 0. The highest BCUT2D eigenvalue weighted by Crippen LogP contribution is 2.29. The predicted octanol–water partition coefficient (Wildman–Crippen LogP) is 4.70. The Kier molecular flexibility index (Phi) is 3.98. The van der Waals surface area contributed by atoms with Crippen LogP contribution in [-0.4, -0.2) is 4.57 Å². The molecule has 4 rings (SSSR count). The van der Waals surface area contributed by atoms with E-state index in [1.165, 1.54) is 0 Å². The molecular weight excluding hydrogens is 330 g/mol. The highest BCUT2D eigenvalue weighted by atomic mass is 32.1. The van der Waals surface area contributed by atoms with Gasteiger partial charge < -0.3 is 4.57 Å². The number of nitrogens with zero attached hydrogens (tertiary/aromatic N) is 1. The summed E-state index contributed by atoms with van der Waals surface area (Å²) in [7, 11) is 0. The van der Waals surface area contributed by atoms with Crippen LogP contribution in [-0.2, 0) is 6.54 Å². The molecule has 4 aromatic rings. The van der Waals surface area contributed by atoms with E-state index in [2.05, 4.69) is 12.6 Å². The van der Waals surface area contributed by atoms with E-state index < -0.39 is 0 Å². The summed E-state index contributed by atoms with van der Waals surface area (Å²) in [5.41, 5.74) is 0.759. The van der Waals surface area contributed by atoms with Crippen molar-refractivity contribution in [3.05, 3.63) is 81.6 Å². The third kappa shape index (κ3) is 2.50. The zero-order valence-electron chi connectivity index (χ0n) is 13.7. The molecule has 0 saturated carbocycles. The van der Waals surface area contributed by atoms with Crippen LogP contribution >= 0.6 is 11.3 Å². The Morgan fingerprint density at radius 3 is 2.48 bits per heavy atom. The molecule has 0 spiro atoms. The van der Waals surface area contributed by atoms with Crippen molar-refractivity contribution in [3.63, 3.8) is 0 Å². The first kappa shape index (κ1) is 15.8. The van der Waals surface area contributed by atoms with Crippen LogP contribution in [0.15, 0.2) is 70.8 Å². The minimum Gasteiger partial charge on any atom is -0.336 e. The Hall–Kier alpha value is -2.72. The van der Waals surface area contributed by atoms with E-state index in [9.17, 15) is 9.59 Å². The van der Waals surface area contributed by atoms with Gasteiger partial charge in [-0.2, -0.15) is 0 Å². The van der Waals surface area contributed by atoms with E-state index in [0.29, 0.717) is 17.4 Å². The molecule has 0 unspecified atom stereocenters. The Morgan fingerprint density at radius 1 is 0.960 bits per heavy atom. The largest absolute Gasteiger partial charge is 0.336 e. The Labute approximate surface area is 148 Å². The van der Waals surface area contributed by atoms with E-state index >= 15 is 0 Å². The summed E-state index contributed by atoms with van der Waals surface area (Å²) in [4.78, 5) is 24.8. The van der Waals surface area contributed by atoms with Crippen LogP contribution in [0.25, 0.3) is 31.2 Å². The molecule has 4 heteroatoms. The van der Waals surface area contributed by atoms with Gasteiger partial charge in [-0.25, -0.2) is 0 Å². The minimum atomic E-state index is -0.384. The van der Waals surface area contributed by atoms with Gasteiger partial charge in [0.05, 0.1) is 15.6 Å². The fourth-order valence-corrected chi connectivity index (χ4v) is 4.37. The van der Waals surface area contributed by atoms with E-state index in [-0.39, 0.29) is 10.9 Å². The molecule has 0 atom stereocenters. The highest BCUT2D eigenvalue weighted by Gasteiger charge is 2.18. The molecule has 1 aromatic heterocycles. The second kappa shape index (κ2) is 6.30. The van der Waals surface area contributed by atoms with Gasteiger partial charge in [0.25, 0.3) is 5.43 Å². The number of hydrogen-bond acceptors (Lipinski definition) is 3. The van der Waals surface area contributed by atoms with Crippen molar-refractivity contribution >= 4 is 42.5 Å². The van der Waals surface area contributed by atoms with Gasteiger partial charge in [-0.05, 0) is 31.0 Å². The fourth-order valence-electron chi connectivity index (χ4n) is 3.28. The van der Waals surface area contributed by atoms with Gasteiger partial charge in [-0.3, -0.25) is 9.59 Å². The molecule has 25 heavy (non-hydrogen) atoms. The topological polar surface area (TPSA) is 39.1 Å². The molecule has 0 aliphatic carbocycles. The van der Waals surface area contributed by atoms with Gasteiger partial charge in [0.15, 0.2) is 0 Å². The number of rotatable bonds is 4. The molecule has 0 fully saturated rings. The fraction of sp³-hybridized carbons (Fsp3) is 0.143. The molecule has 0 saturated heterocycles. The van der Waals surface area contributed by atoms with Crippen molar-refractivity contribution in [3.8, 4) is 0 Å². The molecule has 3 aromatic carbocycles. The molecule has 0 N–H and O–H groups in total. The predicted molar refractivity (Wildman–Crippen MR) is 107 cm³/mol. The SMILES string of the molecule is C=CCCCn1c2ccccc2sc2ccccc2c2c(=O)c(=O)c21. The number of para-hydroxylation sites is 1. The molecule has 0 amide bonds. The molecular formula is C21H17NO2S. The summed E-state index contributed by atoms with van der Waals surface area (Å²) in [6, 6.07) is 15.9. The second-order valence-electron chi connectivity index (χ2n) is 6.03. The van der Waals surface area contributed by atoms with Gasteiger partial charge in [0.2, 0.25) is 5.43 Å². The number of aromatic nitrogens is 1. The lowest BCUT2D eigenvalue weighted by atomic mass is 10.1. The molecule has 0 aliphatic rings. The molecule has 0 radical (unpaired) electrons. The maximum atomic E-state index is 12.4. The standard InChI is InChI=1S/C21H17NO2S/c1-2-3-8-13-22-15-10-5-7-12-17(15)25-16-11-6-4-9-14(16)18-19(22)21(24)20(18)23/h2,4-7,9-12H,1,3,8,13H2. The van der Waals surface area contributed by atoms with Crippen molar-refractivity contribution in [1.82, 2.24) is 4.57 Å². The van der Waals surface area contributed by atoms with E-state index in [4.69, 9.17) is 0 Å². The van der Waals surface area contributed by atoms with Gasteiger partial charge in [0.1, 0.15) is 5.52 Å². The zero-order valence-corrected chi connectivity index (χ0v) is 14.5. The highest BCUT2D eigenvalue weighted by molar-refractivity contribution is 7.24. The minimum absolute atomic E-state index is 0.379. The van der Waals surface area contributed by atoms with Gasteiger partial charge in [0, 0.05) is 16.6 Å². The smallest absolute Gasteiger partial charge is 0.250 e. The first-order chi connectivity index (χ1) is 12.2. The first-order valence-corrected chi connectivity index (χ1v) is 9.12. The third-order valence-electron chi connectivity index (χ3n) is 4.48. The lowest BCUT2D eigenvalue weighted by Gasteiger charge is -2.14. The maximum Gasteiger partial charge on any atom is 0.250 e. The van der Waals surface area contributed by atoms with E-state index in [1.54, 1.807) is 11.3 Å². The molecule has 0 aliphatic heterocycles. The van der Waals surface area contributed by atoms with Crippen molar-refractivity contribution in [2.75, 3.05) is 0 Å². The Morgan fingerprint density at radius 2 is 1.68 bits per heavy atom. The summed E-state index contributed by atoms with van der Waals surface area (Å²) >= 11 is 1.64. The van der Waals surface area contributed by atoms with Crippen molar-refractivity contribution in [2.45, 2.75) is 19.4 Å². The number of unbranched alkanes of at least 4 members (excludes halogenated alkanes) is 1. The summed E-state index contributed by atoms with van der Waals surface area (Å²) in [6.45, 7) is 4.45. The van der Waals surface area contributed by atoms with Crippen LogP contribution in [0.4, 0.5) is 0 Å². The molecule has 3 nitrogen and oxygen atoms in total. The van der Waals surface area contributed by atoms with Gasteiger partial charge in [-0.15, -0.1) is 17.9 Å². The number of benzene rings is 2. The average molecular weight is 347 g/mol. The van der Waals surface area contributed by atoms with E-state index in [1.807, 2.05) is 53.1 Å². The van der Waals surface area contributed by atoms with Crippen molar-refractivity contribution < 1.29 is 0 Å². The van der Waals surface area contributed by atoms with Crippen LogP contribution in [0.3, 0.4) is 0 Å². The maximum absolute atomic E-state index is 12.4. The van der Waals surface area contributed by atoms with Crippen LogP contribution in [0, 0.1) is 0 Å². The summed E-state index contributed by atoms with van der Waals surface area (Å²) in [6.07, 6.45) is 3.62. The van der Waals surface area contributed by atoms with Crippen LogP contribution < -0.4 is 10.9 Å². The van der Waals surface area contributed by atoms with Crippen molar-refractivity contribution in [2.24, 2.45) is 0 Å². The first-order valence-electron chi connectivity index (χ1n) is 8.30. The third-order valence-corrected chi connectivity index (χ3v) is 5.62. The van der Waals surface area contributed by atoms with Gasteiger partial charge >= 0.3 is 0 Å². The van der Waals surface area contributed by atoms with E-state index in [0.717, 1.165) is 33.1 Å². The quantitative estimate of drug-likeness (QED) is 0.305. The van der Waals surface area contributed by atoms with Gasteiger partial charge in [-0.1, -0.05) is 36.4 Å². The average Bonchev–Trinajstić information content (AvgIpc) is 2.64. The Bertz CT molecular complexity index is 1230. The van der Waals surface area contributed by atoms with Crippen LogP contribution in [0.5, 0.6) is 0 Å². The second-order valence-corrected chi connectivity index (χ2v) is 7.11. The monoisotopic (exact) mass is 347 g/mol. The number of aryl methyl sites for hydroxylation is 1. The molecule has 0 bridgehead atoms. The normalized spacial score (nSPS) is 11.4. The lowest BCUT2D eigenvalue weighted by Crippen LogP contribution is -2.33. The van der Waals surface area contributed by atoms with Crippen LogP contribution in [0.1, 0.15) is 12.8 Å². The molecule has 1 heterocycles. The zero-order chi connectivity index (χ0) is 17.4. The van der Waals surface area contributed by atoms with Crippen molar-refractivity contribution in [1.29, 1.82) is 0 Å². The lowest BCUT2D eigenvalue weighted by molar-refractivity contribution is 0.684. The molecule has 124 valence electrons. The number of hydrogen-bond donors (Lipinski definition) is 0. The number of allylic oxidation sites excluding steroid dienone is 1. The van der Waals surface area contributed by atoms with Crippen LogP contribution in [0.2, 0.25) is 0 Å².